The van der Waals surface area contributed by atoms with Gasteiger partial charge in [0.25, 0.3) is 5.95 Å². The third kappa shape index (κ3) is 3.38. The molecule has 3 heterocycles. The molecule has 0 aliphatic rings. The predicted molar refractivity (Wildman–Crippen MR) is 106 cm³/mol. The zero-order valence-electron chi connectivity index (χ0n) is 14.2. The number of allylic oxidation sites excluding steroid dienone is 5. The SMILES string of the molecule is C=C/C(=C\C(=C/C)CBr)Cn1c(=O)[nH]c2c(N)nc(-n3cccn3)nc21. The summed E-state index contributed by atoms with van der Waals surface area (Å²) in [6.07, 6.45) is 9.01. The van der Waals surface area contributed by atoms with Crippen LogP contribution in [0.15, 0.2) is 59.2 Å². The molecule has 3 aromatic rings. The minimum Gasteiger partial charge on any atom is -0.382 e. The Morgan fingerprint density at radius 3 is 2.85 bits per heavy atom. The van der Waals surface area contributed by atoms with Crippen LogP contribution in [-0.4, -0.2) is 34.6 Å². The number of aromatic nitrogens is 6. The Hall–Kier alpha value is -2.94. The van der Waals surface area contributed by atoms with Crippen molar-refractivity contribution in [3.8, 4) is 5.95 Å². The van der Waals surface area contributed by atoms with E-state index in [4.69, 9.17) is 5.73 Å². The van der Waals surface area contributed by atoms with Crippen LogP contribution in [0.5, 0.6) is 0 Å². The highest BCUT2D eigenvalue weighted by Gasteiger charge is 2.15. The summed E-state index contributed by atoms with van der Waals surface area (Å²) in [5.41, 5.74) is 8.47. The molecule has 0 fully saturated rings. The molecule has 0 saturated carbocycles. The van der Waals surface area contributed by atoms with Gasteiger partial charge in [0.05, 0.1) is 6.54 Å². The summed E-state index contributed by atoms with van der Waals surface area (Å²) in [4.78, 5) is 23.8. The second kappa shape index (κ2) is 7.52. The van der Waals surface area contributed by atoms with E-state index < -0.39 is 0 Å². The van der Waals surface area contributed by atoms with Crippen molar-refractivity contribution in [2.75, 3.05) is 11.1 Å². The van der Waals surface area contributed by atoms with Crippen LogP contribution in [0.3, 0.4) is 0 Å². The number of halogens is 1. The number of nitrogens with two attached hydrogens (primary N) is 1. The lowest BCUT2D eigenvalue weighted by Gasteiger charge is -2.07. The molecular formula is C17H18BrN7O. The van der Waals surface area contributed by atoms with Gasteiger partial charge >= 0.3 is 5.69 Å². The standard InChI is InChI=1S/C17H18BrN7O/c1-3-11(9-18)8-12(4-2)10-24-15-13(21-17(24)26)14(19)22-16(23-15)25-7-5-6-20-25/h3-8H,2,9-10H2,1H3,(H,21,26)(H2,19,22,23)/b11-3+,12-8+. The number of fused-ring (bicyclic) bond motifs is 1. The van der Waals surface area contributed by atoms with E-state index >= 15 is 0 Å². The fourth-order valence-electron chi connectivity index (χ4n) is 2.46. The fourth-order valence-corrected chi connectivity index (χ4v) is 2.95. The molecule has 3 rings (SSSR count). The maximum Gasteiger partial charge on any atom is 0.328 e. The highest BCUT2D eigenvalue weighted by molar-refractivity contribution is 9.09. The summed E-state index contributed by atoms with van der Waals surface area (Å²) < 4.78 is 3.00. The van der Waals surface area contributed by atoms with Gasteiger partial charge in [-0.15, -0.1) is 0 Å². The molecule has 0 aromatic carbocycles. The van der Waals surface area contributed by atoms with Crippen LogP contribution in [-0.2, 0) is 6.54 Å². The number of rotatable bonds is 6. The smallest absolute Gasteiger partial charge is 0.328 e. The van der Waals surface area contributed by atoms with Gasteiger partial charge in [-0.2, -0.15) is 15.1 Å². The molecule has 8 nitrogen and oxygen atoms in total. The molecule has 0 aliphatic heterocycles. The molecule has 134 valence electrons. The first-order chi connectivity index (χ1) is 12.6. The van der Waals surface area contributed by atoms with Crippen molar-refractivity contribution in [2.45, 2.75) is 13.5 Å². The first-order valence-electron chi connectivity index (χ1n) is 7.87. The third-order valence-corrected chi connectivity index (χ3v) is 4.49. The van der Waals surface area contributed by atoms with Crippen molar-refractivity contribution in [3.05, 3.63) is 64.9 Å². The van der Waals surface area contributed by atoms with Crippen LogP contribution >= 0.6 is 15.9 Å². The largest absolute Gasteiger partial charge is 0.382 e. The monoisotopic (exact) mass is 415 g/mol. The van der Waals surface area contributed by atoms with Crippen molar-refractivity contribution in [2.24, 2.45) is 0 Å². The number of alkyl halides is 1. The Morgan fingerprint density at radius 2 is 2.23 bits per heavy atom. The van der Waals surface area contributed by atoms with Crippen LogP contribution in [0.2, 0.25) is 0 Å². The van der Waals surface area contributed by atoms with E-state index in [9.17, 15) is 4.79 Å². The quantitative estimate of drug-likeness (QED) is 0.474. The summed E-state index contributed by atoms with van der Waals surface area (Å²) in [7, 11) is 0. The summed E-state index contributed by atoms with van der Waals surface area (Å²) >= 11 is 3.44. The van der Waals surface area contributed by atoms with E-state index in [0.29, 0.717) is 29.0 Å². The second-order valence-electron chi connectivity index (χ2n) is 5.49. The molecule has 0 spiro atoms. The van der Waals surface area contributed by atoms with E-state index in [2.05, 4.69) is 42.6 Å². The van der Waals surface area contributed by atoms with Gasteiger partial charge in [-0.3, -0.25) is 4.57 Å². The van der Waals surface area contributed by atoms with E-state index in [0.717, 1.165) is 11.1 Å². The number of H-pyrrole nitrogens is 1. The molecule has 0 bridgehead atoms. The zero-order chi connectivity index (χ0) is 18.7. The maximum atomic E-state index is 12.4. The fraction of sp³-hybridized carbons (Fsp3) is 0.176. The second-order valence-corrected chi connectivity index (χ2v) is 6.06. The average Bonchev–Trinajstić information content (AvgIpc) is 3.27. The van der Waals surface area contributed by atoms with Crippen LogP contribution in [0.1, 0.15) is 6.92 Å². The van der Waals surface area contributed by atoms with Gasteiger partial charge in [-0.25, -0.2) is 9.48 Å². The van der Waals surface area contributed by atoms with Gasteiger partial charge in [0, 0.05) is 17.7 Å². The Balaban J connectivity index is 2.12. The minimum absolute atomic E-state index is 0.190. The van der Waals surface area contributed by atoms with E-state index in [1.165, 1.54) is 9.25 Å². The van der Waals surface area contributed by atoms with Gasteiger partial charge in [0.1, 0.15) is 5.52 Å². The summed E-state index contributed by atoms with van der Waals surface area (Å²) in [5, 5.41) is 4.82. The van der Waals surface area contributed by atoms with Gasteiger partial charge in [0.15, 0.2) is 11.5 Å². The van der Waals surface area contributed by atoms with Crippen LogP contribution in [0.25, 0.3) is 17.1 Å². The summed E-state index contributed by atoms with van der Waals surface area (Å²) in [6, 6.07) is 1.76. The Kier molecular flexibility index (Phi) is 5.17. The molecule has 0 aliphatic carbocycles. The number of imidazole rings is 1. The number of hydrogen-bond acceptors (Lipinski definition) is 5. The van der Waals surface area contributed by atoms with Crippen molar-refractivity contribution in [3.63, 3.8) is 0 Å². The molecular weight excluding hydrogens is 398 g/mol. The lowest BCUT2D eigenvalue weighted by Crippen LogP contribution is -2.18. The molecule has 26 heavy (non-hydrogen) atoms. The molecule has 0 amide bonds. The highest BCUT2D eigenvalue weighted by atomic mass is 79.9. The van der Waals surface area contributed by atoms with Gasteiger partial charge in [-0.1, -0.05) is 40.7 Å². The first kappa shape index (κ1) is 17.9. The molecule has 3 aromatic heterocycles. The lowest BCUT2D eigenvalue weighted by atomic mass is 10.1. The zero-order valence-corrected chi connectivity index (χ0v) is 15.8. The average molecular weight is 416 g/mol. The van der Waals surface area contributed by atoms with Gasteiger partial charge in [-0.05, 0) is 24.1 Å². The molecule has 9 heteroatoms. The summed E-state index contributed by atoms with van der Waals surface area (Å²) in [6.45, 7) is 6.10. The number of nitrogens with zero attached hydrogens (tertiary/aromatic N) is 5. The van der Waals surface area contributed by atoms with Crippen LogP contribution < -0.4 is 11.4 Å². The topological polar surface area (TPSA) is 107 Å². The number of nitrogen functional groups attached to an aromatic ring is 1. The van der Waals surface area contributed by atoms with Crippen LogP contribution in [0, 0.1) is 0 Å². The van der Waals surface area contributed by atoms with Crippen LogP contribution in [0.4, 0.5) is 5.82 Å². The van der Waals surface area contributed by atoms with Crippen molar-refractivity contribution >= 4 is 32.9 Å². The Bertz CT molecular complexity index is 1060. The van der Waals surface area contributed by atoms with Gasteiger partial charge < -0.3 is 10.7 Å². The maximum absolute atomic E-state index is 12.4. The van der Waals surface area contributed by atoms with E-state index in [1.54, 1.807) is 24.5 Å². The normalized spacial score (nSPS) is 12.7. The molecule has 0 atom stereocenters. The summed E-state index contributed by atoms with van der Waals surface area (Å²) in [5.74, 6) is 0.488. The number of anilines is 1. The van der Waals surface area contributed by atoms with Crippen molar-refractivity contribution in [1.29, 1.82) is 0 Å². The molecule has 3 N–H and O–H groups in total. The third-order valence-electron chi connectivity index (χ3n) is 3.85. The minimum atomic E-state index is -0.313. The van der Waals surface area contributed by atoms with E-state index in [-0.39, 0.29) is 11.5 Å². The lowest BCUT2D eigenvalue weighted by molar-refractivity contribution is 0.764. The Labute approximate surface area is 157 Å². The van der Waals surface area contributed by atoms with E-state index in [1.807, 2.05) is 19.1 Å². The predicted octanol–water partition coefficient (Wildman–Crippen LogP) is 2.34. The van der Waals surface area contributed by atoms with Gasteiger partial charge in [0.2, 0.25) is 0 Å². The number of hydrogen-bond donors (Lipinski definition) is 2. The first-order valence-corrected chi connectivity index (χ1v) is 8.99. The molecule has 0 saturated heterocycles. The van der Waals surface area contributed by atoms with Crippen molar-refractivity contribution < 1.29 is 0 Å². The highest BCUT2D eigenvalue weighted by Crippen LogP contribution is 2.17. The Morgan fingerprint density at radius 1 is 1.42 bits per heavy atom. The number of aromatic amines is 1. The van der Waals surface area contributed by atoms with Crippen molar-refractivity contribution in [1.82, 2.24) is 29.3 Å². The number of nitrogens with one attached hydrogen (secondary N) is 1. The molecule has 0 radical (unpaired) electrons. The molecule has 0 unspecified atom stereocenters.